The van der Waals surface area contributed by atoms with Gasteiger partial charge in [-0.25, -0.2) is 0 Å². The highest BCUT2D eigenvalue weighted by Crippen LogP contribution is 2.45. The maximum Gasteiger partial charge on any atom is 0.133 e. The van der Waals surface area contributed by atoms with Crippen molar-refractivity contribution in [1.29, 1.82) is 0 Å². The Kier molecular flexibility index (Phi) is 2.78. The standard InChI is InChI=1S/C14H23NO/c16-13-6-4-12(5-7-13)15-10-14(11-15)8-2-1-3-9-14/h12H,1-11H2. The number of hydrogen-bond donors (Lipinski definition) is 0. The Labute approximate surface area is 98.4 Å². The second kappa shape index (κ2) is 4.14. The summed E-state index contributed by atoms with van der Waals surface area (Å²) in [6.07, 6.45) is 11.3. The number of nitrogens with zero attached hydrogens (tertiary/aromatic N) is 1. The topological polar surface area (TPSA) is 20.3 Å². The molecule has 3 aliphatic rings. The van der Waals surface area contributed by atoms with E-state index in [-0.39, 0.29) is 0 Å². The SMILES string of the molecule is O=C1CCC(N2CC3(CCCCC3)C2)CC1. The van der Waals surface area contributed by atoms with Gasteiger partial charge in [0.1, 0.15) is 5.78 Å². The van der Waals surface area contributed by atoms with Crippen molar-refractivity contribution in [3.63, 3.8) is 0 Å². The summed E-state index contributed by atoms with van der Waals surface area (Å²) in [5.74, 6) is 0.490. The molecule has 0 aromatic heterocycles. The third-order valence-corrected chi connectivity index (χ3v) is 5.02. The summed E-state index contributed by atoms with van der Waals surface area (Å²) in [6, 6.07) is 0.741. The van der Waals surface area contributed by atoms with Crippen LogP contribution in [0.1, 0.15) is 57.8 Å². The van der Waals surface area contributed by atoms with Crippen molar-refractivity contribution in [3.8, 4) is 0 Å². The van der Waals surface area contributed by atoms with Crippen molar-refractivity contribution in [1.82, 2.24) is 4.90 Å². The molecule has 1 spiro atoms. The molecule has 0 radical (unpaired) electrons. The monoisotopic (exact) mass is 221 g/mol. The van der Waals surface area contributed by atoms with Crippen LogP contribution >= 0.6 is 0 Å². The Hall–Kier alpha value is -0.370. The number of carbonyl (C=O) groups is 1. The normalized spacial score (nSPS) is 31.6. The first-order valence-electron chi connectivity index (χ1n) is 7.03. The molecular formula is C14H23NO. The Morgan fingerprint density at radius 1 is 1.00 bits per heavy atom. The van der Waals surface area contributed by atoms with Crippen LogP contribution in [0.3, 0.4) is 0 Å². The molecule has 3 rings (SSSR count). The van der Waals surface area contributed by atoms with Crippen LogP contribution in [-0.2, 0) is 4.79 Å². The van der Waals surface area contributed by atoms with Crippen molar-refractivity contribution in [2.75, 3.05) is 13.1 Å². The zero-order valence-corrected chi connectivity index (χ0v) is 10.2. The number of hydrogen-bond acceptors (Lipinski definition) is 2. The van der Waals surface area contributed by atoms with Gasteiger partial charge in [0.2, 0.25) is 0 Å². The summed E-state index contributed by atoms with van der Waals surface area (Å²) in [4.78, 5) is 13.9. The summed E-state index contributed by atoms with van der Waals surface area (Å²) >= 11 is 0. The first kappa shape index (κ1) is 10.8. The van der Waals surface area contributed by atoms with Crippen LogP contribution in [0.15, 0.2) is 0 Å². The van der Waals surface area contributed by atoms with E-state index in [9.17, 15) is 4.79 Å². The highest BCUT2D eigenvalue weighted by molar-refractivity contribution is 5.79. The van der Waals surface area contributed by atoms with E-state index in [1.54, 1.807) is 0 Å². The maximum atomic E-state index is 11.2. The summed E-state index contributed by atoms with van der Waals surface area (Å²) < 4.78 is 0. The van der Waals surface area contributed by atoms with E-state index in [1.807, 2.05) is 0 Å². The first-order chi connectivity index (χ1) is 7.77. The van der Waals surface area contributed by atoms with Crippen LogP contribution in [0.4, 0.5) is 0 Å². The van der Waals surface area contributed by atoms with Crippen LogP contribution in [0.25, 0.3) is 0 Å². The number of carbonyl (C=O) groups excluding carboxylic acids is 1. The minimum absolute atomic E-state index is 0.490. The molecule has 2 saturated carbocycles. The molecule has 90 valence electrons. The third kappa shape index (κ3) is 1.92. The van der Waals surface area contributed by atoms with E-state index in [0.717, 1.165) is 31.7 Å². The second-order valence-electron chi connectivity index (χ2n) is 6.24. The fourth-order valence-corrected chi connectivity index (χ4v) is 3.98. The minimum atomic E-state index is 0.490. The molecule has 0 atom stereocenters. The highest BCUT2D eigenvalue weighted by Gasteiger charge is 2.45. The van der Waals surface area contributed by atoms with Crippen LogP contribution < -0.4 is 0 Å². The van der Waals surface area contributed by atoms with Crippen LogP contribution in [0.5, 0.6) is 0 Å². The molecule has 0 aromatic rings. The van der Waals surface area contributed by atoms with Gasteiger partial charge in [0, 0.05) is 32.0 Å². The Morgan fingerprint density at radius 2 is 1.62 bits per heavy atom. The minimum Gasteiger partial charge on any atom is -0.300 e. The number of ketones is 1. The lowest BCUT2D eigenvalue weighted by molar-refractivity contribution is -0.123. The van der Waals surface area contributed by atoms with Crippen LogP contribution in [0.2, 0.25) is 0 Å². The van der Waals surface area contributed by atoms with Gasteiger partial charge in [0.25, 0.3) is 0 Å². The summed E-state index contributed by atoms with van der Waals surface area (Å²) in [5.41, 5.74) is 0.708. The molecule has 1 saturated heterocycles. The van der Waals surface area contributed by atoms with Gasteiger partial charge in [-0.3, -0.25) is 9.69 Å². The lowest BCUT2D eigenvalue weighted by Gasteiger charge is -2.56. The molecular weight excluding hydrogens is 198 g/mol. The molecule has 0 aromatic carbocycles. The van der Waals surface area contributed by atoms with E-state index >= 15 is 0 Å². The van der Waals surface area contributed by atoms with Crippen LogP contribution in [-0.4, -0.2) is 29.8 Å². The molecule has 2 nitrogen and oxygen atoms in total. The molecule has 1 aliphatic heterocycles. The molecule has 0 N–H and O–H groups in total. The predicted molar refractivity (Wildman–Crippen MR) is 64.4 cm³/mol. The lowest BCUT2D eigenvalue weighted by Crippen LogP contribution is -2.60. The molecule has 1 heterocycles. The smallest absolute Gasteiger partial charge is 0.133 e. The fourth-order valence-electron chi connectivity index (χ4n) is 3.98. The largest absolute Gasteiger partial charge is 0.300 e. The molecule has 0 unspecified atom stereocenters. The maximum absolute atomic E-state index is 11.2. The van der Waals surface area contributed by atoms with Gasteiger partial charge >= 0.3 is 0 Å². The van der Waals surface area contributed by atoms with Crippen molar-refractivity contribution in [2.24, 2.45) is 5.41 Å². The highest BCUT2D eigenvalue weighted by atomic mass is 16.1. The lowest BCUT2D eigenvalue weighted by atomic mass is 9.67. The van der Waals surface area contributed by atoms with E-state index < -0.39 is 0 Å². The quantitative estimate of drug-likeness (QED) is 0.678. The van der Waals surface area contributed by atoms with Crippen molar-refractivity contribution in [2.45, 2.75) is 63.8 Å². The van der Waals surface area contributed by atoms with Crippen molar-refractivity contribution < 1.29 is 4.79 Å². The Balaban J connectivity index is 1.51. The van der Waals surface area contributed by atoms with E-state index in [4.69, 9.17) is 0 Å². The Bertz CT molecular complexity index is 262. The summed E-state index contributed by atoms with van der Waals surface area (Å²) in [7, 11) is 0. The van der Waals surface area contributed by atoms with Gasteiger partial charge in [0.15, 0.2) is 0 Å². The second-order valence-corrected chi connectivity index (χ2v) is 6.24. The van der Waals surface area contributed by atoms with Crippen LogP contribution in [0, 0.1) is 5.41 Å². The zero-order chi connectivity index (χ0) is 11.0. The molecule has 16 heavy (non-hydrogen) atoms. The molecule has 3 fully saturated rings. The summed E-state index contributed by atoms with van der Waals surface area (Å²) in [6.45, 7) is 2.68. The van der Waals surface area contributed by atoms with Gasteiger partial charge in [-0.2, -0.15) is 0 Å². The average Bonchev–Trinajstić information content (AvgIpc) is 2.28. The van der Waals surface area contributed by atoms with Gasteiger partial charge in [-0.1, -0.05) is 19.3 Å². The fraction of sp³-hybridized carbons (Fsp3) is 0.929. The zero-order valence-electron chi connectivity index (χ0n) is 10.2. The van der Waals surface area contributed by atoms with Gasteiger partial charge < -0.3 is 0 Å². The molecule has 2 aliphatic carbocycles. The number of likely N-dealkylation sites (tertiary alicyclic amines) is 1. The number of rotatable bonds is 1. The van der Waals surface area contributed by atoms with Gasteiger partial charge in [-0.05, 0) is 31.1 Å². The van der Waals surface area contributed by atoms with Crippen molar-refractivity contribution >= 4 is 5.78 Å². The van der Waals surface area contributed by atoms with Gasteiger partial charge in [-0.15, -0.1) is 0 Å². The Morgan fingerprint density at radius 3 is 2.25 bits per heavy atom. The molecule has 0 bridgehead atoms. The number of Topliss-reactive ketones (excluding diaryl/α,β-unsaturated/α-hetero) is 1. The third-order valence-electron chi connectivity index (χ3n) is 5.02. The van der Waals surface area contributed by atoms with Crippen molar-refractivity contribution in [3.05, 3.63) is 0 Å². The summed E-state index contributed by atoms with van der Waals surface area (Å²) in [5, 5.41) is 0. The van der Waals surface area contributed by atoms with E-state index in [1.165, 1.54) is 45.2 Å². The van der Waals surface area contributed by atoms with E-state index in [2.05, 4.69) is 4.90 Å². The average molecular weight is 221 g/mol. The first-order valence-corrected chi connectivity index (χ1v) is 7.03. The molecule has 2 heteroatoms. The van der Waals surface area contributed by atoms with Gasteiger partial charge in [0.05, 0.1) is 0 Å². The molecule has 0 amide bonds. The predicted octanol–water partition coefficient (Wildman–Crippen LogP) is 2.76. The van der Waals surface area contributed by atoms with E-state index in [0.29, 0.717) is 11.2 Å².